The maximum atomic E-state index is 3.53. The minimum absolute atomic E-state index is 0.866. The molecule has 1 unspecified atom stereocenters. The van der Waals surface area contributed by atoms with Gasteiger partial charge in [0.25, 0.3) is 0 Å². The van der Waals surface area contributed by atoms with Crippen molar-refractivity contribution in [2.24, 2.45) is 5.92 Å². The summed E-state index contributed by atoms with van der Waals surface area (Å²) in [7, 11) is 0. The van der Waals surface area contributed by atoms with Crippen LogP contribution in [0.25, 0.3) is 0 Å². The number of hydrogen-bond acceptors (Lipinski definition) is 3. The molecule has 16 heavy (non-hydrogen) atoms. The molecule has 3 heteroatoms. The Bertz CT molecular complexity index is 284. The second kappa shape index (κ2) is 6.38. The SMILES string of the molecule is CCCNCC1CCN(Cc2ccsc2)C1. The van der Waals surface area contributed by atoms with Crippen LogP contribution in [0, 0.1) is 5.92 Å². The Morgan fingerprint density at radius 2 is 2.50 bits per heavy atom. The van der Waals surface area contributed by atoms with Crippen molar-refractivity contribution in [3.63, 3.8) is 0 Å². The van der Waals surface area contributed by atoms with Gasteiger partial charge in [-0.1, -0.05) is 6.92 Å². The summed E-state index contributed by atoms with van der Waals surface area (Å²) in [4.78, 5) is 2.58. The monoisotopic (exact) mass is 238 g/mol. The molecule has 1 fully saturated rings. The van der Waals surface area contributed by atoms with Crippen LogP contribution in [0.15, 0.2) is 16.8 Å². The van der Waals surface area contributed by atoms with Gasteiger partial charge in [-0.2, -0.15) is 11.3 Å². The average Bonchev–Trinajstić information content (AvgIpc) is 2.91. The second-order valence-corrected chi connectivity index (χ2v) is 5.51. The fourth-order valence-corrected chi connectivity index (χ4v) is 3.01. The van der Waals surface area contributed by atoms with Gasteiger partial charge in [0.15, 0.2) is 0 Å². The normalized spacial score (nSPS) is 21.7. The fourth-order valence-electron chi connectivity index (χ4n) is 2.35. The van der Waals surface area contributed by atoms with Crippen LogP contribution in [0.3, 0.4) is 0 Å². The molecule has 1 atom stereocenters. The van der Waals surface area contributed by atoms with Gasteiger partial charge in [0.1, 0.15) is 0 Å². The molecule has 1 aliphatic rings. The third-order valence-electron chi connectivity index (χ3n) is 3.22. The lowest BCUT2D eigenvalue weighted by molar-refractivity contribution is 0.315. The Morgan fingerprint density at radius 1 is 1.56 bits per heavy atom. The zero-order chi connectivity index (χ0) is 11.2. The summed E-state index contributed by atoms with van der Waals surface area (Å²) in [6.07, 6.45) is 2.60. The molecule has 1 aliphatic heterocycles. The number of thiophene rings is 1. The molecular weight excluding hydrogens is 216 g/mol. The highest BCUT2D eigenvalue weighted by atomic mass is 32.1. The maximum absolute atomic E-state index is 3.53. The van der Waals surface area contributed by atoms with E-state index in [4.69, 9.17) is 0 Å². The number of rotatable bonds is 6. The first-order valence-electron chi connectivity index (χ1n) is 6.32. The van der Waals surface area contributed by atoms with Crippen molar-refractivity contribution in [2.75, 3.05) is 26.2 Å². The summed E-state index contributed by atoms with van der Waals surface area (Å²) in [5, 5.41) is 7.97. The first-order chi connectivity index (χ1) is 7.88. The second-order valence-electron chi connectivity index (χ2n) is 4.73. The molecule has 0 amide bonds. The highest BCUT2D eigenvalue weighted by Gasteiger charge is 2.21. The van der Waals surface area contributed by atoms with Crippen LogP contribution in [0.4, 0.5) is 0 Å². The van der Waals surface area contributed by atoms with Crippen LogP contribution in [0.2, 0.25) is 0 Å². The molecule has 2 nitrogen and oxygen atoms in total. The van der Waals surface area contributed by atoms with Crippen LogP contribution in [0.5, 0.6) is 0 Å². The highest BCUT2D eigenvalue weighted by molar-refractivity contribution is 7.07. The van der Waals surface area contributed by atoms with E-state index in [0.29, 0.717) is 0 Å². The van der Waals surface area contributed by atoms with Crippen LogP contribution >= 0.6 is 11.3 Å². The van der Waals surface area contributed by atoms with Crippen molar-refractivity contribution in [1.82, 2.24) is 10.2 Å². The van der Waals surface area contributed by atoms with Crippen LogP contribution in [0.1, 0.15) is 25.3 Å². The lowest BCUT2D eigenvalue weighted by Gasteiger charge is -2.15. The van der Waals surface area contributed by atoms with Gasteiger partial charge in [-0.15, -0.1) is 0 Å². The van der Waals surface area contributed by atoms with Crippen molar-refractivity contribution in [1.29, 1.82) is 0 Å². The van der Waals surface area contributed by atoms with E-state index in [-0.39, 0.29) is 0 Å². The highest BCUT2D eigenvalue weighted by Crippen LogP contribution is 2.19. The summed E-state index contributed by atoms with van der Waals surface area (Å²) in [5.74, 6) is 0.866. The zero-order valence-electron chi connectivity index (χ0n) is 10.1. The molecular formula is C13H22N2S. The van der Waals surface area contributed by atoms with Gasteiger partial charge in [0, 0.05) is 13.1 Å². The third-order valence-corrected chi connectivity index (χ3v) is 3.95. The van der Waals surface area contributed by atoms with Crippen molar-refractivity contribution in [2.45, 2.75) is 26.3 Å². The molecule has 1 aromatic heterocycles. The predicted octanol–water partition coefficient (Wildman–Crippen LogP) is 2.57. The molecule has 1 aromatic rings. The lowest BCUT2D eigenvalue weighted by atomic mass is 10.1. The summed E-state index contributed by atoms with van der Waals surface area (Å²) in [6, 6.07) is 2.24. The molecule has 0 radical (unpaired) electrons. The van der Waals surface area contributed by atoms with Crippen LogP contribution in [-0.2, 0) is 6.54 Å². The van der Waals surface area contributed by atoms with Gasteiger partial charge in [0.05, 0.1) is 0 Å². The van der Waals surface area contributed by atoms with Gasteiger partial charge in [-0.05, 0) is 60.8 Å². The molecule has 1 N–H and O–H groups in total. The molecule has 2 rings (SSSR count). The van der Waals surface area contributed by atoms with E-state index >= 15 is 0 Å². The quantitative estimate of drug-likeness (QED) is 0.766. The number of nitrogens with zero attached hydrogens (tertiary/aromatic N) is 1. The smallest absolute Gasteiger partial charge is 0.0242 e. The van der Waals surface area contributed by atoms with Gasteiger partial charge in [0.2, 0.25) is 0 Å². The molecule has 0 spiro atoms. The predicted molar refractivity (Wildman–Crippen MR) is 70.9 cm³/mol. The molecule has 0 saturated carbocycles. The first kappa shape index (κ1) is 12.1. The summed E-state index contributed by atoms with van der Waals surface area (Å²) >= 11 is 1.80. The van der Waals surface area contributed by atoms with Gasteiger partial charge < -0.3 is 5.32 Å². The van der Waals surface area contributed by atoms with E-state index in [1.54, 1.807) is 11.3 Å². The molecule has 2 heterocycles. The molecule has 90 valence electrons. The van der Waals surface area contributed by atoms with E-state index in [0.717, 1.165) is 12.5 Å². The van der Waals surface area contributed by atoms with Crippen LogP contribution < -0.4 is 5.32 Å². The Morgan fingerprint density at radius 3 is 3.25 bits per heavy atom. The van der Waals surface area contributed by atoms with E-state index in [9.17, 15) is 0 Å². The van der Waals surface area contributed by atoms with Crippen molar-refractivity contribution in [3.05, 3.63) is 22.4 Å². The number of hydrogen-bond donors (Lipinski definition) is 1. The Labute approximate surface area is 103 Å². The average molecular weight is 238 g/mol. The minimum atomic E-state index is 0.866. The summed E-state index contributed by atoms with van der Waals surface area (Å²) < 4.78 is 0. The lowest BCUT2D eigenvalue weighted by Crippen LogP contribution is -2.26. The number of nitrogens with one attached hydrogen (secondary N) is 1. The van der Waals surface area contributed by atoms with Gasteiger partial charge in [-0.25, -0.2) is 0 Å². The first-order valence-corrected chi connectivity index (χ1v) is 7.27. The maximum Gasteiger partial charge on any atom is 0.0242 e. The van der Waals surface area contributed by atoms with Gasteiger partial charge in [-0.3, -0.25) is 4.90 Å². The standard InChI is InChI=1S/C13H22N2S/c1-2-5-14-8-12-3-6-15(9-12)10-13-4-7-16-11-13/h4,7,11-12,14H,2-3,5-6,8-10H2,1H3. The zero-order valence-corrected chi connectivity index (χ0v) is 10.9. The number of likely N-dealkylation sites (tertiary alicyclic amines) is 1. The largest absolute Gasteiger partial charge is 0.316 e. The molecule has 1 saturated heterocycles. The van der Waals surface area contributed by atoms with E-state index < -0.39 is 0 Å². The van der Waals surface area contributed by atoms with Crippen molar-refractivity contribution in [3.8, 4) is 0 Å². The van der Waals surface area contributed by atoms with Gasteiger partial charge >= 0.3 is 0 Å². The molecule has 0 aromatic carbocycles. The Kier molecular flexibility index (Phi) is 4.82. The minimum Gasteiger partial charge on any atom is -0.316 e. The Hall–Kier alpha value is -0.380. The topological polar surface area (TPSA) is 15.3 Å². The third kappa shape index (κ3) is 3.58. The van der Waals surface area contributed by atoms with Crippen LogP contribution in [-0.4, -0.2) is 31.1 Å². The molecule has 0 bridgehead atoms. The van der Waals surface area contributed by atoms with Crippen molar-refractivity contribution < 1.29 is 0 Å². The molecule has 0 aliphatic carbocycles. The summed E-state index contributed by atoms with van der Waals surface area (Å²) in [5.41, 5.74) is 1.48. The fraction of sp³-hybridized carbons (Fsp3) is 0.692. The van der Waals surface area contributed by atoms with E-state index in [1.807, 2.05) is 0 Å². The Balaban J connectivity index is 1.67. The van der Waals surface area contributed by atoms with E-state index in [1.165, 1.54) is 44.6 Å². The van der Waals surface area contributed by atoms with Crippen molar-refractivity contribution >= 4 is 11.3 Å². The summed E-state index contributed by atoms with van der Waals surface area (Å²) in [6.45, 7) is 8.29. The van der Waals surface area contributed by atoms with E-state index in [2.05, 4.69) is 34.0 Å².